The second-order valence-corrected chi connectivity index (χ2v) is 8.24. The second-order valence-electron chi connectivity index (χ2n) is 5.87. The van der Waals surface area contributed by atoms with Crippen molar-refractivity contribution in [3.05, 3.63) is 35.9 Å². The first kappa shape index (κ1) is 17.5. The number of halogens is 3. The Bertz CT molecular complexity index is 620. The highest BCUT2D eigenvalue weighted by Gasteiger charge is 2.47. The zero-order valence-corrected chi connectivity index (χ0v) is 15.1. The summed E-state index contributed by atoms with van der Waals surface area (Å²) in [6.07, 6.45) is 1.04. The summed E-state index contributed by atoms with van der Waals surface area (Å²) in [5, 5.41) is 0. The highest BCUT2D eigenvalue weighted by Crippen LogP contribution is 2.45. The average Bonchev–Trinajstić information content (AvgIpc) is 2.35. The van der Waals surface area contributed by atoms with E-state index in [0.29, 0.717) is 0 Å². The van der Waals surface area contributed by atoms with E-state index in [1.54, 1.807) is 0 Å². The van der Waals surface area contributed by atoms with Crippen LogP contribution in [0.5, 0.6) is 0 Å². The summed E-state index contributed by atoms with van der Waals surface area (Å²) >= 11 is 18.3. The van der Waals surface area contributed by atoms with Gasteiger partial charge in [-0.25, -0.2) is 0 Å². The van der Waals surface area contributed by atoms with E-state index in [-0.39, 0.29) is 0 Å². The maximum absolute atomic E-state index is 11.5. The first-order chi connectivity index (χ1) is 10.0. The highest BCUT2D eigenvalue weighted by molar-refractivity contribution is 6.68. The summed E-state index contributed by atoms with van der Waals surface area (Å²) in [4.78, 5) is 13.3. The molecule has 0 amide bonds. The summed E-state index contributed by atoms with van der Waals surface area (Å²) in [7, 11) is 0. The van der Waals surface area contributed by atoms with Crippen molar-refractivity contribution in [1.29, 1.82) is 0 Å². The lowest BCUT2D eigenvalue weighted by Gasteiger charge is -2.48. The summed E-state index contributed by atoms with van der Waals surface area (Å²) in [6, 6.07) is 7.78. The molecule has 0 aliphatic carbocycles. The number of fused-ring (bicyclic) bond motifs is 1. The summed E-state index contributed by atoms with van der Waals surface area (Å²) in [6.45, 7) is 7.31. The number of anilines is 1. The van der Waals surface area contributed by atoms with Crippen LogP contribution in [0.4, 0.5) is 5.69 Å². The first-order valence-electron chi connectivity index (χ1n) is 6.86. The van der Waals surface area contributed by atoms with Gasteiger partial charge < -0.3 is 9.64 Å². The van der Waals surface area contributed by atoms with Crippen LogP contribution in [0.3, 0.4) is 0 Å². The molecule has 6 heteroatoms. The predicted octanol–water partition coefficient (Wildman–Crippen LogP) is 4.95. The molecule has 1 aromatic rings. The second kappa shape index (κ2) is 5.95. The van der Waals surface area contributed by atoms with Gasteiger partial charge in [0.15, 0.2) is 0 Å². The Hall–Kier alpha value is -0.900. The molecular weight excluding hydrogens is 345 g/mol. The van der Waals surface area contributed by atoms with Gasteiger partial charge in [0.25, 0.3) is 0 Å². The molecule has 0 fully saturated rings. The lowest BCUT2D eigenvalue weighted by Crippen LogP contribution is -2.57. The summed E-state index contributed by atoms with van der Waals surface area (Å²) in [5.41, 5.74) is 2.53. The maximum Gasteiger partial charge on any atom is 0.304 e. The van der Waals surface area contributed by atoms with Crippen molar-refractivity contribution in [3.8, 4) is 0 Å². The molecule has 120 valence electrons. The average molecular weight is 363 g/mol. The Morgan fingerprint density at radius 1 is 1.27 bits per heavy atom. The number of allylic oxidation sites excluding steroid dienone is 1. The molecule has 1 aliphatic heterocycles. The number of nitrogens with zero attached hydrogens (tertiary/aromatic N) is 1. The van der Waals surface area contributed by atoms with Gasteiger partial charge in [0.2, 0.25) is 10.0 Å². The fourth-order valence-electron chi connectivity index (χ4n) is 2.86. The fourth-order valence-corrected chi connectivity index (χ4v) is 3.28. The van der Waals surface area contributed by atoms with E-state index in [2.05, 4.69) is 6.08 Å². The van der Waals surface area contributed by atoms with Crippen molar-refractivity contribution in [2.24, 2.45) is 0 Å². The van der Waals surface area contributed by atoms with Crippen LogP contribution in [0.1, 0.15) is 33.3 Å². The van der Waals surface area contributed by atoms with Crippen LogP contribution in [0, 0.1) is 0 Å². The number of benzene rings is 1. The van der Waals surface area contributed by atoms with E-state index in [0.717, 1.165) is 16.8 Å². The maximum atomic E-state index is 11.5. The molecule has 0 unspecified atom stereocenters. The Morgan fingerprint density at radius 3 is 2.41 bits per heavy atom. The molecule has 1 atom stereocenters. The number of rotatable bonds is 2. The highest BCUT2D eigenvalue weighted by atomic mass is 35.6. The van der Waals surface area contributed by atoms with Gasteiger partial charge in [-0.05, 0) is 32.4 Å². The van der Waals surface area contributed by atoms with Crippen LogP contribution < -0.4 is 4.90 Å². The fraction of sp³-hybridized carbons (Fsp3) is 0.438. The monoisotopic (exact) mass is 361 g/mol. The van der Waals surface area contributed by atoms with Gasteiger partial charge in [0, 0.05) is 18.2 Å². The van der Waals surface area contributed by atoms with E-state index >= 15 is 0 Å². The van der Waals surface area contributed by atoms with Gasteiger partial charge in [-0.1, -0.05) is 59.1 Å². The minimum Gasteiger partial charge on any atom is -0.437 e. The van der Waals surface area contributed by atoms with Crippen molar-refractivity contribution >= 4 is 52.0 Å². The van der Waals surface area contributed by atoms with Crippen LogP contribution in [-0.4, -0.2) is 21.5 Å². The molecule has 0 saturated carbocycles. The van der Waals surface area contributed by atoms with Gasteiger partial charge in [0.1, 0.15) is 0 Å². The van der Waals surface area contributed by atoms with Crippen LogP contribution in [-0.2, 0) is 9.53 Å². The molecule has 2 rings (SSSR count). The van der Waals surface area contributed by atoms with Crippen LogP contribution in [0.15, 0.2) is 30.3 Å². The SMILES string of the molecule is CC(=O)O[C@@H](N1c2ccccc2C(C)=CC1(C)C)C(Cl)(Cl)Cl. The number of carbonyl (C=O) groups is 1. The number of ether oxygens (including phenoxy) is 1. The van der Waals surface area contributed by atoms with E-state index in [9.17, 15) is 4.79 Å². The Morgan fingerprint density at radius 2 is 1.86 bits per heavy atom. The zero-order valence-electron chi connectivity index (χ0n) is 12.9. The van der Waals surface area contributed by atoms with Crippen molar-refractivity contribution < 1.29 is 9.53 Å². The first-order valence-corrected chi connectivity index (χ1v) is 7.99. The van der Waals surface area contributed by atoms with E-state index in [4.69, 9.17) is 39.5 Å². The van der Waals surface area contributed by atoms with E-state index in [1.165, 1.54) is 6.92 Å². The third-order valence-corrected chi connectivity index (χ3v) is 4.13. The van der Waals surface area contributed by atoms with E-state index < -0.39 is 21.5 Å². The molecule has 1 aromatic carbocycles. The van der Waals surface area contributed by atoms with Crippen molar-refractivity contribution in [3.63, 3.8) is 0 Å². The predicted molar refractivity (Wildman–Crippen MR) is 92.5 cm³/mol. The number of carbonyl (C=O) groups excluding carboxylic acids is 1. The molecule has 3 nitrogen and oxygen atoms in total. The number of hydrogen-bond acceptors (Lipinski definition) is 3. The summed E-state index contributed by atoms with van der Waals surface area (Å²) in [5.74, 6) is -0.504. The molecule has 22 heavy (non-hydrogen) atoms. The molecule has 0 aromatic heterocycles. The quantitative estimate of drug-likeness (QED) is 0.551. The third-order valence-electron chi connectivity index (χ3n) is 3.57. The van der Waals surface area contributed by atoms with Crippen LogP contribution in [0.25, 0.3) is 5.57 Å². The Balaban J connectivity index is 2.62. The Kier molecular flexibility index (Phi) is 4.72. The molecule has 0 N–H and O–H groups in total. The standard InChI is InChI=1S/C16H18Cl3NO2/c1-10-9-15(3,4)20(13-8-6-5-7-12(10)13)14(16(17,18)19)22-11(2)21/h5-9,14H,1-4H3/t14-/m1/s1. The minimum absolute atomic E-state index is 0.484. The normalized spacial score (nSPS) is 18.3. The van der Waals surface area contributed by atoms with Gasteiger partial charge in [-0.15, -0.1) is 0 Å². The molecule has 0 bridgehead atoms. The molecular formula is C16H18Cl3NO2. The smallest absolute Gasteiger partial charge is 0.304 e. The minimum atomic E-state index is -1.78. The zero-order chi connectivity index (χ0) is 16.7. The topological polar surface area (TPSA) is 29.5 Å². The largest absolute Gasteiger partial charge is 0.437 e. The number of para-hydroxylation sites is 1. The van der Waals surface area contributed by atoms with Crippen molar-refractivity contribution in [1.82, 2.24) is 0 Å². The van der Waals surface area contributed by atoms with Gasteiger partial charge in [-0.2, -0.15) is 0 Å². The number of esters is 1. The van der Waals surface area contributed by atoms with E-state index in [1.807, 2.05) is 49.9 Å². The van der Waals surface area contributed by atoms with Crippen LogP contribution in [0.2, 0.25) is 0 Å². The van der Waals surface area contributed by atoms with Gasteiger partial charge >= 0.3 is 5.97 Å². The number of alkyl halides is 3. The lowest BCUT2D eigenvalue weighted by molar-refractivity contribution is -0.146. The molecule has 0 spiro atoms. The van der Waals surface area contributed by atoms with Crippen molar-refractivity contribution in [2.75, 3.05) is 4.90 Å². The number of hydrogen-bond donors (Lipinski definition) is 0. The van der Waals surface area contributed by atoms with Gasteiger partial charge in [0.05, 0.1) is 5.54 Å². The molecule has 0 saturated heterocycles. The van der Waals surface area contributed by atoms with Crippen LogP contribution >= 0.6 is 34.8 Å². The molecule has 0 radical (unpaired) electrons. The summed E-state index contributed by atoms with van der Waals surface area (Å²) < 4.78 is 3.56. The lowest BCUT2D eigenvalue weighted by atomic mass is 9.88. The van der Waals surface area contributed by atoms with Crippen molar-refractivity contribution in [2.45, 2.75) is 43.3 Å². The third kappa shape index (κ3) is 3.37. The molecule has 1 aliphatic rings. The molecule has 1 heterocycles. The van der Waals surface area contributed by atoms with Gasteiger partial charge in [-0.3, -0.25) is 4.79 Å². The Labute approximate surface area is 145 Å².